The lowest BCUT2D eigenvalue weighted by molar-refractivity contribution is -0.205. The van der Waals surface area contributed by atoms with Gasteiger partial charge in [0.1, 0.15) is 35.9 Å². The van der Waals surface area contributed by atoms with Gasteiger partial charge < -0.3 is 35.4 Å². The summed E-state index contributed by atoms with van der Waals surface area (Å²) in [5.74, 6) is 0.520. The molecule has 4 rings (SSSR count). The van der Waals surface area contributed by atoms with Gasteiger partial charge in [0.05, 0.1) is 17.5 Å². The third-order valence-electron chi connectivity index (χ3n) is 7.83. The van der Waals surface area contributed by atoms with Crippen LogP contribution in [0.3, 0.4) is 0 Å². The van der Waals surface area contributed by atoms with Gasteiger partial charge in [-0.15, -0.1) is 23.4 Å². The Labute approximate surface area is 222 Å². The van der Waals surface area contributed by atoms with Gasteiger partial charge in [-0.05, 0) is 56.3 Å². The maximum absolute atomic E-state index is 13.4. The number of nitrogens with one attached hydrogen (secondary N) is 2. The molecule has 3 aliphatic rings. The number of rotatable bonds is 8. The van der Waals surface area contributed by atoms with Crippen LogP contribution < -0.4 is 10.6 Å². The van der Waals surface area contributed by atoms with E-state index in [1.165, 1.54) is 17.3 Å². The third kappa shape index (κ3) is 6.38. The van der Waals surface area contributed by atoms with E-state index in [0.717, 1.165) is 25.7 Å². The molecule has 11 atom stereocenters. The fourth-order valence-corrected chi connectivity index (χ4v) is 6.63. The number of hydrogen-bond donors (Lipinski definition) is 5. The van der Waals surface area contributed by atoms with Gasteiger partial charge in [-0.1, -0.05) is 30.3 Å². The van der Waals surface area contributed by atoms with Crippen molar-refractivity contribution in [3.05, 3.63) is 35.9 Å². The first kappa shape index (κ1) is 28.1. The van der Waals surface area contributed by atoms with E-state index in [1.54, 1.807) is 13.2 Å². The van der Waals surface area contributed by atoms with Crippen LogP contribution >= 0.6 is 23.4 Å². The summed E-state index contributed by atoms with van der Waals surface area (Å²) in [6.07, 6.45) is 0.640. The van der Waals surface area contributed by atoms with Gasteiger partial charge >= 0.3 is 0 Å². The first-order valence-corrected chi connectivity index (χ1v) is 14.6. The molecule has 36 heavy (non-hydrogen) atoms. The smallest absolute Gasteiger partial charge is 0.240 e. The van der Waals surface area contributed by atoms with E-state index in [0.29, 0.717) is 19.1 Å². The van der Waals surface area contributed by atoms with Crippen LogP contribution in [0.25, 0.3) is 0 Å². The average Bonchev–Trinajstić information content (AvgIpc) is 3.16. The standard InChI is InChI=1S/C26H39ClN2O6S/c1-14(27)18(24-21(31)20(30)22(32)26(35-24)36-2)29-25(33)19-23-17(13-28-19)12-16(10-11-34-23)9-8-15-6-4-3-5-7-15/h3-7,14,16-24,26,28,30-32H,8-13H2,1-2H3,(H,29,33)/t14-,16-,17-,18+,19-,20+,21?,22+,23+,24+,26?/m0/s1. The number of ether oxygens (including phenoxy) is 2. The second-order valence-corrected chi connectivity index (χ2v) is 11.9. The maximum Gasteiger partial charge on any atom is 0.240 e. The molecule has 0 saturated carbocycles. The van der Waals surface area contributed by atoms with Gasteiger partial charge in [-0.3, -0.25) is 4.79 Å². The minimum absolute atomic E-state index is 0.235. The Kier molecular flexibility index (Phi) is 9.96. The van der Waals surface area contributed by atoms with Gasteiger partial charge in [0.2, 0.25) is 5.91 Å². The molecule has 1 aromatic rings. The molecule has 1 amide bonds. The van der Waals surface area contributed by atoms with E-state index in [4.69, 9.17) is 21.1 Å². The number of halogens is 1. The summed E-state index contributed by atoms with van der Waals surface area (Å²) in [6.45, 7) is 3.03. The minimum Gasteiger partial charge on any atom is -0.388 e. The van der Waals surface area contributed by atoms with Crippen LogP contribution in [0.4, 0.5) is 0 Å². The molecule has 3 fully saturated rings. The van der Waals surface area contributed by atoms with Crippen LogP contribution in [0, 0.1) is 11.8 Å². The van der Waals surface area contributed by atoms with Gasteiger partial charge in [-0.25, -0.2) is 0 Å². The number of carbonyl (C=O) groups excluding carboxylic acids is 1. The Morgan fingerprint density at radius 2 is 1.97 bits per heavy atom. The highest BCUT2D eigenvalue weighted by atomic mass is 35.5. The number of alkyl halides is 1. The van der Waals surface area contributed by atoms with Gasteiger partial charge in [0, 0.05) is 13.2 Å². The SMILES string of the molecule is CSC1O[C@H]([C@H](NC(=O)[C@H]2NC[C@@H]3C[C@@H](CCc4ccccc4)CCO[C@H]32)[C@H](C)Cl)C(O)[C@@H](O)[C@H]1O. The first-order chi connectivity index (χ1) is 17.3. The summed E-state index contributed by atoms with van der Waals surface area (Å²) in [5.41, 5.74) is 0.603. The summed E-state index contributed by atoms with van der Waals surface area (Å²) in [7, 11) is 0. The second-order valence-electron chi connectivity index (χ2n) is 10.3. The largest absolute Gasteiger partial charge is 0.388 e. The van der Waals surface area contributed by atoms with Crippen molar-refractivity contribution < 1.29 is 29.6 Å². The molecular formula is C26H39ClN2O6S. The number of amides is 1. The van der Waals surface area contributed by atoms with Gasteiger partial charge in [0.15, 0.2) is 0 Å². The molecule has 10 heteroatoms. The predicted molar refractivity (Wildman–Crippen MR) is 140 cm³/mol. The predicted octanol–water partition coefficient (Wildman–Crippen LogP) is 1.29. The zero-order valence-corrected chi connectivity index (χ0v) is 22.4. The van der Waals surface area contributed by atoms with E-state index < -0.39 is 47.3 Å². The van der Waals surface area contributed by atoms with Crippen LogP contribution in [0.2, 0.25) is 0 Å². The fourth-order valence-electron chi connectivity index (χ4n) is 5.75. The topological polar surface area (TPSA) is 120 Å². The minimum atomic E-state index is -1.40. The molecule has 202 valence electrons. The highest BCUT2D eigenvalue weighted by molar-refractivity contribution is 7.99. The number of fused-ring (bicyclic) bond motifs is 1. The molecule has 3 saturated heterocycles. The van der Waals surface area contributed by atoms with Gasteiger partial charge in [-0.2, -0.15) is 0 Å². The summed E-state index contributed by atoms with van der Waals surface area (Å²) < 4.78 is 12.1. The molecule has 8 nitrogen and oxygen atoms in total. The molecule has 2 unspecified atom stereocenters. The number of aliphatic hydroxyl groups is 3. The molecule has 0 aliphatic carbocycles. The molecule has 3 heterocycles. The van der Waals surface area contributed by atoms with E-state index >= 15 is 0 Å². The van der Waals surface area contributed by atoms with Crippen molar-refractivity contribution in [3.8, 4) is 0 Å². The van der Waals surface area contributed by atoms with E-state index in [-0.39, 0.29) is 17.9 Å². The molecule has 1 aromatic carbocycles. The van der Waals surface area contributed by atoms with Gasteiger partial charge in [0.25, 0.3) is 0 Å². The van der Waals surface area contributed by atoms with Crippen LogP contribution in [0.5, 0.6) is 0 Å². The number of carbonyl (C=O) groups is 1. The average molecular weight is 543 g/mol. The maximum atomic E-state index is 13.4. The van der Waals surface area contributed by atoms with Crippen molar-refractivity contribution in [1.82, 2.24) is 10.6 Å². The normalized spacial score (nSPS) is 38.6. The van der Waals surface area contributed by atoms with Crippen molar-refractivity contribution in [2.24, 2.45) is 11.8 Å². The second kappa shape index (κ2) is 12.8. The summed E-state index contributed by atoms with van der Waals surface area (Å²) in [4.78, 5) is 13.4. The third-order valence-corrected chi connectivity index (χ3v) is 8.95. The van der Waals surface area contributed by atoms with Crippen LogP contribution in [-0.4, -0.2) is 94.1 Å². The lowest BCUT2D eigenvalue weighted by Gasteiger charge is -2.44. The van der Waals surface area contributed by atoms with Crippen molar-refractivity contribution >= 4 is 29.3 Å². The molecule has 3 aliphatic heterocycles. The first-order valence-electron chi connectivity index (χ1n) is 12.9. The van der Waals surface area contributed by atoms with Crippen LogP contribution in [0.15, 0.2) is 30.3 Å². The number of aliphatic hydroxyl groups excluding tert-OH is 3. The zero-order valence-electron chi connectivity index (χ0n) is 20.8. The monoisotopic (exact) mass is 542 g/mol. The fraction of sp³-hybridized carbons (Fsp3) is 0.731. The molecular weight excluding hydrogens is 504 g/mol. The number of benzene rings is 1. The summed E-state index contributed by atoms with van der Waals surface area (Å²) in [5, 5.41) is 36.8. The van der Waals surface area contributed by atoms with E-state index in [1.807, 2.05) is 6.07 Å². The number of aryl methyl sites for hydroxylation is 1. The Hall–Kier alpha value is -0.910. The Balaban J connectivity index is 1.37. The lowest BCUT2D eigenvalue weighted by atomic mass is 9.86. The van der Waals surface area contributed by atoms with Crippen LogP contribution in [-0.2, 0) is 20.7 Å². The van der Waals surface area contributed by atoms with Crippen molar-refractivity contribution in [2.45, 2.75) is 86.0 Å². The zero-order chi connectivity index (χ0) is 25.8. The quantitative estimate of drug-likeness (QED) is 0.312. The van der Waals surface area contributed by atoms with Crippen molar-refractivity contribution in [2.75, 3.05) is 19.4 Å². The Morgan fingerprint density at radius 3 is 2.67 bits per heavy atom. The summed E-state index contributed by atoms with van der Waals surface area (Å²) >= 11 is 7.65. The molecule has 0 spiro atoms. The van der Waals surface area contributed by atoms with Crippen molar-refractivity contribution in [1.29, 1.82) is 0 Å². The van der Waals surface area contributed by atoms with Crippen LogP contribution in [0.1, 0.15) is 31.7 Å². The summed E-state index contributed by atoms with van der Waals surface area (Å²) in [6, 6.07) is 9.20. The molecule has 0 aromatic heterocycles. The highest BCUT2D eigenvalue weighted by Crippen LogP contribution is 2.34. The number of hydrogen-bond acceptors (Lipinski definition) is 8. The lowest BCUT2D eigenvalue weighted by Crippen LogP contribution is -2.65. The van der Waals surface area contributed by atoms with Crippen molar-refractivity contribution in [3.63, 3.8) is 0 Å². The Bertz CT molecular complexity index is 849. The number of thioether (sulfide) groups is 1. The Morgan fingerprint density at radius 1 is 1.22 bits per heavy atom. The molecule has 0 bridgehead atoms. The van der Waals surface area contributed by atoms with E-state index in [2.05, 4.69) is 34.9 Å². The van der Waals surface area contributed by atoms with E-state index in [9.17, 15) is 20.1 Å². The molecule has 0 radical (unpaired) electrons. The highest BCUT2D eigenvalue weighted by Gasteiger charge is 2.49. The molecule has 5 N–H and O–H groups in total.